The summed E-state index contributed by atoms with van der Waals surface area (Å²) in [6.45, 7) is 3.40. The molecule has 0 aromatic heterocycles. The van der Waals surface area contributed by atoms with E-state index >= 15 is 0 Å². The van der Waals surface area contributed by atoms with Gasteiger partial charge in [0.2, 0.25) is 0 Å². The van der Waals surface area contributed by atoms with E-state index in [0.29, 0.717) is 16.3 Å². The normalized spacial score (nSPS) is 11.8. The summed E-state index contributed by atoms with van der Waals surface area (Å²) in [5, 5.41) is 4.99. The largest absolute Gasteiger partial charge is 0.449 e. The number of benzene rings is 3. The number of rotatable bonds is 4. The zero-order valence-electron chi connectivity index (χ0n) is 14.5. The minimum atomic E-state index is -0.945. The molecule has 132 valence electrons. The van der Waals surface area contributed by atoms with Gasteiger partial charge in [-0.15, -0.1) is 0 Å². The maximum Gasteiger partial charge on any atom is 0.339 e. The highest BCUT2D eigenvalue weighted by Gasteiger charge is 2.20. The molecule has 1 atom stereocenters. The Labute approximate surface area is 156 Å². The van der Waals surface area contributed by atoms with Crippen molar-refractivity contribution >= 4 is 39.9 Å². The van der Waals surface area contributed by atoms with Crippen molar-refractivity contribution in [2.45, 2.75) is 20.0 Å². The average molecular weight is 368 g/mol. The molecule has 5 heteroatoms. The van der Waals surface area contributed by atoms with E-state index in [4.69, 9.17) is 16.3 Å². The van der Waals surface area contributed by atoms with E-state index in [0.717, 1.165) is 16.3 Å². The second-order valence-electron chi connectivity index (χ2n) is 6.02. The first-order valence-corrected chi connectivity index (χ1v) is 8.59. The fourth-order valence-electron chi connectivity index (χ4n) is 2.64. The van der Waals surface area contributed by atoms with E-state index in [-0.39, 0.29) is 0 Å². The van der Waals surface area contributed by atoms with Crippen molar-refractivity contribution < 1.29 is 14.3 Å². The summed E-state index contributed by atoms with van der Waals surface area (Å²) in [6, 6.07) is 18.2. The summed E-state index contributed by atoms with van der Waals surface area (Å²) in [4.78, 5) is 24.9. The Morgan fingerprint density at radius 3 is 2.58 bits per heavy atom. The molecule has 3 rings (SSSR count). The first-order chi connectivity index (χ1) is 12.5. The topological polar surface area (TPSA) is 55.4 Å². The standard InChI is InChI=1S/C21H18ClNO3/c1-13-10-11-16(22)12-19(13)23-20(24)14(2)26-21(25)18-9-5-7-15-6-3-4-8-17(15)18/h3-12,14H,1-2H3,(H,23,24)/t14-/m1/s1. The number of amides is 1. The molecule has 26 heavy (non-hydrogen) atoms. The highest BCUT2D eigenvalue weighted by atomic mass is 35.5. The van der Waals surface area contributed by atoms with Gasteiger partial charge in [0.15, 0.2) is 6.10 Å². The van der Waals surface area contributed by atoms with Gasteiger partial charge < -0.3 is 10.1 Å². The van der Waals surface area contributed by atoms with Crippen LogP contribution in [0, 0.1) is 6.92 Å². The molecule has 0 radical (unpaired) electrons. The second-order valence-corrected chi connectivity index (χ2v) is 6.46. The third kappa shape index (κ3) is 3.86. The number of anilines is 1. The van der Waals surface area contributed by atoms with Gasteiger partial charge in [0, 0.05) is 10.7 Å². The summed E-state index contributed by atoms with van der Waals surface area (Å²) in [5.41, 5.74) is 1.90. The first kappa shape index (κ1) is 18.0. The smallest absolute Gasteiger partial charge is 0.339 e. The van der Waals surface area contributed by atoms with Crippen molar-refractivity contribution in [3.8, 4) is 0 Å². The van der Waals surface area contributed by atoms with Crippen LogP contribution in [0.1, 0.15) is 22.8 Å². The van der Waals surface area contributed by atoms with Crippen molar-refractivity contribution in [1.29, 1.82) is 0 Å². The van der Waals surface area contributed by atoms with Crippen molar-refractivity contribution in [2.24, 2.45) is 0 Å². The lowest BCUT2D eigenvalue weighted by Gasteiger charge is -2.15. The van der Waals surface area contributed by atoms with E-state index in [1.807, 2.05) is 43.3 Å². The number of hydrogen-bond acceptors (Lipinski definition) is 3. The van der Waals surface area contributed by atoms with Crippen molar-refractivity contribution in [1.82, 2.24) is 0 Å². The molecule has 0 fully saturated rings. The lowest BCUT2D eigenvalue weighted by Crippen LogP contribution is -2.30. The van der Waals surface area contributed by atoms with Crippen molar-refractivity contribution in [3.63, 3.8) is 0 Å². The van der Waals surface area contributed by atoms with Crippen LogP contribution in [0.2, 0.25) is 5.02 Å². The van der Waals surface area contributed by atoms with Crippen LogP contribution in [-0.2, 0) is 9.53 Å². The van der Waals surface area contributed by atoms with Crippen LogP contribution < -0.4 is 5.32 Å². The molecule has 0 bridgehead atoms. The Morgan fingerprint density at radius 2 is 1.77 bits per heavy atom. The number of ether oxygens (including phenoxy) is 1. The van der Waals surface area contributed by atoms with E-state index in [9.17, 15) is 9.59 Å². The van der Waals surface area contributed by atoms with E-state index in [1.165, 1.54) is 6.92 Å². The molecule has 3 aromatic rings. The lowest BCUT2D eigenvalue weighted by molar-refractivity contribution is -0.123. The molecule has 0 saturated heterocycles. The molecular formula is C21H18ClNO3. The van der Waals surface area contributed by atoms with Crippen LogP contribution in [0.15, 0.2) is 60.7 Å². The number of carbonyl (C=O) groups is 2. The summed E-state index contributed by atoms with van der Waals surface area (Å²) in [7, 11) is 0. The predicted molar refractivity (Wildman–Crippen MR) is 104 cm³/mol. The maximum absolute atomic E-state index is 12.5. The van der Waals surface area contributed by atoms with Crippen molar-refractivity contribution in [3.05, 3.63) is 76.8 Å². The summed E-state index contributed by atoms with van der Waals surface area (Å²) < 4.78 is 5.36. The first-order valence-electron chi connectivity index (χ1n) is 8.21. The van der Waals surface area contributed by atoms with Gasteiger partial charge in [-0.1, -0.05) is 54.1 Å². The Balaban J connectivity index is 1.74. The minimum Gasteiger partial charge on any atom is -0.449 e. The molecule has 0 spiro atoms. The average Bonchev–Trinajstić information content (AvgIpc) is 2.64. The van der Waals surface area contributed by atoms with Crippen LogP contribution in [0.4, 0.5) is 5.69 Å². The fraction of sp³-hybridized carbons (Fsp3) is 0.143. The molecule has 4 nitrogen and oxygen atoms in total. The zero-order chi connectivity index (χ0) is 18.7. The van der Waals surface area contributed by atoms with Gasteiger partial charge in [0.1, 0.15) is 0 Å². The molecule has 0 aliphatic rings. The third-order valence-electron chi connectivity index (χ3n) is 4.12. The van der Waals surface area contributed by atoms with E-state index < -0.39 is 18.0 Å². The lowest BCUT2D eigenvalue weighted by atomic mass is 10.0. The van der Waals surface area contributed by atoms with Gasteiger partial charge in [-0.2, -0.15) is 0 Å². The molecule has 0 unspecified atom stereocenters. The van der Waals surface area contributed by atoms with E-state index in [2.05, 4.69) is 5.32 Å². The molecule has 0 aliphatic heterocycles. The van der Waals surface area contributed by atoms with Gasteiger partial charge in [-0.25, -0.2) is 4.79 Å². The van der Waals surface area contributed by atoms with Gasteiger partial charge in [0.05, 0.1) is 5.56 Å². The van der Waals surface area contributed by atoms with Crippen molar-refractivity contribution in [2.75, 3.05) is 5.32 Å². The predicted octanol–water partition coefficient (Wildman–Crippen LogP) is 4.99. The molecule has 0 aliphatic carbocycles. The van der Waals surface area contributed by atoms with Crippen LogP contribution in [-0.4, -0.2) is 18.0 Å². The van der Waals surface area contributed by atoms with Gasteiger partial charge in [0.25, 0.3) is 5.91 Å². The zero-order valence-corrected chi connectivity index (χ0v) is 15.2. The molecule has 1 amide bonds. The third-order valence-corrected chi connectivity index (χ3v) is 4.36. The summed E-state index contributed by atoms with van der Waals surface area (Å²) >= 11 is 5.96. The quantitative estimate of drug-likeness (QED) is 0.661. The molecule has 0 heterocycles. The Kier molecular flexibility index (Phi) is 5.24. The number of hydrogen-bond donors (Lipinski definition) is 1. The van der Waals surface area contributed by atoms with Crippen LogP contribution >= 0.6 is 11.6 Å². The monoisotopic (exact) mass is 367 g/mol. The van der Waals surface area contributed by atoms with Crippen LogP contribution in [0.25, 0.3) is 10.8 Å². The highest BCUT2D eigenvalue weighted by molar-refractivity contribution is 6.31. The number of esters is 1. The maximum atomic E-state index is 12.5. The molecular weight excluding hydrogens is 350 g/mol. The number of fused-ring (bicyclic) bond motifs is 1. The number of aryl methyl sites for hydroxylation is 1. The Bertz CT molecular complexity index is 979. The SMILES string of the molecule is Cc1ccc(Cl)cc1NC(=O)[C@@H](C)OC(=O)c1cccc2ccccc12. The molecule has 0 saturated carbocycles. The van der Waals surface area contributed by atoms with Gasteiger partial charge >= 0.3 is 5.97 Å². The molecule has 3 aromatic carbocycles. The fourth-order valence-corrected chi connectivity index (χ4v) is 2.82. The Morgan fingerprint density at radius 1 is 1.04 bits per heavy atom. The Hall–Kier alpha value is -2.85. The highest BCUT2D eigenvalue weighted by Crippen LogP contribution is 2.22. The van der Waals surface area contributed by atoms with Gasteiger partial charge in [-0.3, -0.25) is 4.79 Å². The number of halogens is 1. The number of carbonyl (C=O) groups excluding carboxylic acids is 2. The van der Waals surface area contributed by atoms with Crippen LogP contribution in [0.5, 0.6) is 0 Å². The summed E-state index contributed by atoms with van der Waals surface area (Å²) in [6.07, 6.45) is -0.945. The molecule has 1 N–H and O–H groups in total. The van der Waals surface area contributed by atoms with E-state index in [1.54, 1.807) is 24.3 Å². The summed E-state index contributed by atoms with van der Waals surface area (Å²) in [5.74, 6) is -0.948. The second kappa shape index (κ2) is 7.58. The minimum absolute atomic E-state index is 0.413. The van der Waals surface area contributed by atoms with Crippen LogP contribution in [0.3, 0.4) is 0 Å². The number of nitrogens with one attached hydrogen (secondary N) is 1. The van der Waals surface area contributed by atoms with Gasteiger partial charge in [-0.05, 0) is 48.4 Å².